The number of benzene rings is 2. The highest BCUT2D eigenvalue weighted by molar-refractivity contribution is 7.89. The highest BCUT2D eigenvalue weighted by Crippen LogP contribution is 2.31. The van der Waals surface area contributed by atoms with E-state index in [0.717, 1.165) is 27.7 Å². The lowest BCUT2D eigenvalue weighted by Gasteiger charge is -2.08. The third-order valence-electron chi connectivity index (χ3n) is 4.53. The maximum atomic E-state index is 11.5. The molecule has 0 unspecified atom stereocenters. The van der Waals surface area contributed by atoms with Gasteiger partial charge >= 0.3 is 0 Å². The summed E-state index contributed by atoms with van der Waals surface area (Å²) in [6.07, 6.45) is 1.78. The van der Waals surface area contributed by atoms with Crippen molar-refractivity contribution >= 4 is 21.4 Å². The standard InChI is InChI=1S/C15H16N4OS.C9H13NO2S/c1-10(2)19-17-13(11-4-6-12(20-3)7-5-11)14(18-19)15-16-8-9-21-15;1-8(2)10-13(11,12)9-6-4-3-5-7-9/h4-10H,1-3H3;3-8,10H,1-2H3. The van der Waals surface area contributed by atoms with Crippen molar-refractivity contribution in [2.24, 2.45) is 0 Å². The average Bonchev–Trinajstić information content (AvgIpc) is 3.49. The Balaban J connectivity index is 0.000000215. The number of sulfonamides is 1. The summed E-state index contributed by atoms with van der Waals surface area (Å²) in [5.41, 5.74) is 2.68. The number of rotatable bonds is 7. The van der Waals surface area contributed by atoms with Crippen molar-refractivity contribution in [3.8, 4) is 27.7 Å². The molecular weight excluding hydrogens is 470 g/mol. The molecule has 0 saturated carbocycles. The van der Waals surface area contributed by atoms with Gasteiger partial charge < -0.3 is 4.74 Å². The number of nitrogens with one attached hydrogen (secondary N) is 1. The molecule has 4 aromatic rings. The lowest BCUT2D eigenvalue weighted by atomic mass is 10.1. The summed E-state index contributed by atoms with van der Waals surface area (Å²) < 4.78 is 30.8. The quantitative estimate of drug-likeness (QED) is 0.383. The second kappa shape index (κ2) is 11.4. The Labute approximate surface area is 204 Å². The lowest BCUT2D eigenvalue weighted by Crippen LogP contribution is -2.30. The maximum Gasteiger partial charge on any atom is 0.240 e. The highest BCUT2D eigenvalue weighted by Gasteiger charge is 2.18. The van der Waals surface area contributed by atoms with Crippen LogP contribution >= 0.6 is 11.3 Å². The first kappa shape index (κ1) is 25.5. The van der Waals surface area contributed by atoms with Crippen LogP contribution < -0.4 is 9.46 Å². The van der Waals surface area contributed by atoms with Gasteiger partial charge in [0, 0.05) is 23.2 Å². The molecule has 2 aromatic carbocycles. The number of hydrogen-bond acceptors (Lipinski definition) is 7. The van der Waals surface area contributed by atoms with Crippen LogP contribution in [0.4, 0.5) is 0 Å². The number of ether oxygens (including phenoxy) is 1. The Kier molecular flexibility index (Phi) is 8.54. The van der Waals surface area contributed by atoms with Crippen molar-refractivity contribution < 1.29 is 13.2 Å². The normalized spacial score (nSPS) is 11.4. The second-order valence-corrected chi connectivity index (χ2v) is 10.6. The SMILES string of the molecule is CC(C)NS(=O)(=O)c1ccccc1.COc1ccc(-c2nn(C(C)C)nc2-c2nccs2)cc1. The van der Waals surface area contributed by atoms with Crippen molar-refractivity contribution in [1.82, 2.24) is 24.7 Å². The van der Waals surface area contributed by atoms with Crippen LogP contribution in [0.15, 0.2) is 71.1 Å². The molecule has 180 valence electrons. The Bertz CT molecular complexity index is 1270. The third kappa shape index (κ3) is 6.49. The molecule has 1 N–H and O–H groups in total. The number of aromatic nitrogens is 4. The molecule has 0 bridgehead atoms. The predicted molar refractivity (Wildman–Crippen MR) is 135 cm³/mol. The Hall–Kier alpha value is -3.08. The molecule has 0 spiro atoms. The van der Waals surface area contributed by atoms with Crippen LogP contribution in [0.2, 0.25) is 0 Å². The van der Waals surface area contributed by atoms with Gasteiger partial charge in [-0.2, -0.15) is 9.90 Å². The maximum absolute atomic E-state index is 11.5. The molecule has 8 nitrogen and oxygen atoms in total. The molecular formula is C24H29N5O3S2. The van der Waals surface area contributed by atoms with E-state index >= 15 is 0 Å². The van der Waals surface area contributed by atoms with Gasteiger partial charge in [-0.25, -0.2) is 18.1 Å². The summed E-state index contributed by atoms with van der Waals surface area (Å²) in [5.74, 6) is 0.825. The van der Waals surface area contributed by atoms with Gasteiger partial charge in [-0.1, -0.05) is 18.2 Å². The van der Waals surface area contributed by atoms with Crippen molar-refractivity contribution in [2.75, 3.05) is 7.11 Å². The van der Waals surface area contributed by atoms with Gasteiger partial charge in [0.15, 0.2) is 0 Å². The molecule has 0 radical (unpaired) electrons. The van der Waals surface area contributed by atoms with E-state index in [-0.39, 0.29) is 12.1 Å². The van der Waals surface area contributed by atoms with E-state index in [1.54, 1.807) is 73.6 Å². The molecule has 0 saturated heterocycles. The minimum Gasteiger partial charge on any atom is -0.497 e. The van der Waals surface area contributed by atoms with Crippen molar-refractivity contribution in [3.05, 3.63) is 66.2 Å². The van der Waals surface area contributed by atoms with E-state index in [1.165, 1.54) is 0 Å². The molecule has 0 aliphatic heterocycles. The summed E-state index contributed by atoms with van der Waals surface area (Å²) in [6, 6.07) is 16.3. The van der Waals surface area contributed by atoms with Crippen LogP contribution in [0.3, 0.4) is 0 Å². The van der Waals surface area contributed by atoms with Gasteiger partial charge in [0.05, 0.1) is 18.0 Å². The van der Waals surface area contributed by atoms with E-state index in [2.05, 4.69) is 33.8 Å². The topological polar surface area (TPSA) is 99.0 Å². The molecule has 0 aliphatic carbocycles. The highest BCUT2D eigenvalue weighted by atomic mass is 32.2. The molecule has 0 amide bonds. The molecule has 34 heavy (non-hydrogen) atoms. The fraction of sp³-hybridized carbons (Fsp3) is 0.292. The van der Waals surface area contributed by atoms with Gasteiger partial charge in [-0.05, 0) is 64.1 Å². The van der Waals surface area contributed by atoms with Gasteiger partial charge in [-0.15, -0.1) is 16.4 Å². The second-order valence-electron chi connectivity index (χ2n) is 7.97. The lowest BCUT2D eigenvalue weighted by molar-refractivity contribution is 0.415. The Morgan fingerprint density at radius 1 is 0.941 bits per heavy atom. The van der Waals surface area contributed by atoms with Crippen molar-refractivity contribution in [1.29, 1.82) is 0 Å². The van der Waals surface area contributed by atoms with Crippen LogP contribution in [0, 0.1) is 0 Å². The molecule has 0 fully saturated rings. The molecule has 4 rings (SSSR count). The van der Waals surface area contributed by atoms with E-state index in [0.29, 0.717) is 4.90 Å². The van der Waals surface area contributed by atoms with Gasteiger partial charge in [0.25, 0.3) is 0 Å². The molecule has 2 heterocycles. The average molecular weight is 500 g/mol. The van der Waals surface area contributed by atoms with Crippen LogP contribution in [0.5, 0.6) is 5.75 Å². The molecule has 0 atom stereocenters. The van der Waals surface area contributed by atoms with Crippen LogP contribution in [-0.4, -0.2) is 41.5 Å². The first-order chi connectivity index (χ1) is 16.2. The first-order valence-electron chi connectivity index (χ1n) is 10.8. The number of nitrogens with zero attached hydrogens (tertiary/aromatic N) is 4. The van der Waals surface area contributed by atoms with Gasteiger partial charge in [0.1, 0.15) is 22.1 Å². The summed E-state index contributed by atoms with van der Waals surface area (Å²) >= 11 is 1.57. The summed E-state index contributed by atoms with van der Waals surface area (Å²) in [7, 11) is -1.65. The molecule has 0 aliphatic rings. The van der Waals surface area contributed by atoms with Gasteiger partial charge in [-0.3, -0.25) is 0 Å². The number of methoxy groups -OCH3 is 1. The molecule has 10 heteroatoms. The third-order valence-corrected chi connectivity index (χ3v) is 6.99. The minimum absolute atomic E-state index is 0.0785. The largest absolute Gasteiger partial charge is 0.497 e. The van der Waals surface area contributed by atoms with Crippen LogP contribution in [-0.2, 0) is 10.0 Å². The van der Waals surface area contributed by atoms with E-state index in [1.807, 2.05) is 29.6 Å². The number of thiazole rings is 1. The van der Waals surface area contributed by atoms with Crippen molar-refractivity contribution in [2.45, 2.75) is 44.7 Å². The van der Waals surface area contributed by atoms with Crippen molar-refractivity contribution in [3.63, 3.8) is 0 Å². The fourth-order valence-electron chi connectivity index (χ4n) is 2.96. The van der Waals surface area contributed by atoms with Crippen LogP contribution in [0.1, 0.15) is 33.7 Å². The minimum atomic E-state index is -3.31. The molecule has 2 aromatic heterocycles. The van der Waals surface area contributed by atoms with E-state index in [9.17, 15) is 8.42 Å². The smallest absolute Gasteiger partial charge is 0.240 e. The zero-order chi connectivity index (χ0) is 24.7. The van der Waals surface area contributed by atoms with Crippen LogP contribution in [0.25, 0.3) is 22.0 Å². The van der Waals surface area contributed by atoms with E-state index < -0.39 is 10.0 Å². The monoisotopic (exact) mass is 499 g/mol. The zero-order valence-corrected chi connectivity index (χ0v) is 21.5. The summed E-state index contributed by atoms with van der Waals surface area (Å²) in [4.78, 5) is 6.40. The first-order valence-corrected chi connectivity index (χ1v) is 13.2. The van der Waals surface area contributed by atoms with Gasteiger partial charge in [0.2, 0.25) is 10.0 Å². The van der Waals surface area contributed by atoms with E-state index in [4.69, 9.17) is 4.74 Å². The summed E-state index contributed by atoms with van der Waals surface area (Å²) in [6.45, 7) is 7.70. The fourth-order valence-corrected chi connectivity index (χ4v) is 4.85. The Morgan fingerprint density at radius 2 is 1.59 bits per heavy atom. The number of hydrogen-bond donors (Lipinski definition) is 1. The zero-order valence-electron chi connectivity index (χ0n) is 19.8. The predicted octanol–water partition coefficient (Wildman–Crippen LogP) is 5.03. The Morgan fingerprint density at radius 3 is 2.12 bits per heavy atom. The summed E-state index contributed by atoms with van der Waals surface area (Å²) in [5, 5.41) is 12.0.